The van der Waals surface area contributed by atoms with E-state index in [0.717, 1.165) is 55.5 Å². The van der Waals surface area contributed by atoms with Crippen LogP contribution < -0.4 is 10.6 Å². The van der Waals surface area contributed by atoms with Gasteiger partial charge in [0, 0.05) is 33.9 Å². The summed E-state index contributed by atoms with van der Waals surface area (Å²) in [6, 6.07) is 1.75. The molecule has 0 saturated heterocycles. The lowest BCUT2D eigenvalue weighted by atomic mass is 9.92. The van der Waals surface area contributed by atoms with Gasteiger partial charge in [0.25, 0.3) is 0 Å². The Morgan fingerprint density at radius 1 is 0.889 bits per heavy atom. The maximum Gasteiger partial charge on any atom is 0.321 e. The summed E-state index contributed by atoms with van der Waals surface area (Å²) in [6.07, 6.45) is 6.18. The SMILES string of the molecule is CCCCc1cc(NC(=O)N(C)C)c(C)c(NC(=O)N(C)C)c1CCCC. The number of unbranched alkanes of at least 4 members (excludes halogenated alkanes) is 2. The number of aryl methyl sites for hydroxylation is 1. The van der Waals surface area contributed by atoms with E-state index >= 15 is 0 Å². The average Bonchev–Trinajstić information content (AvgIpc) is 2.62. The van der Waals surface area contributed by atoms with E-state index in [2.05, 4.69) is 30.5 Å². The fraction of sp³-hybridized carbons (Fsp3) is 0.619. The summed E-state index contributed by atoms with van der Waals surface area (Å²) in [6.45, 7) is 6.29. The second kappa shape index (κ2) is 10.8. The number of anilines is 2. The number of hydrogen-bond donors (Lipinski definition) is 2. The number of urea groups is 2. The molecule has 27 heavy (non-hydrogen) atoms. The van der Waals surface area contributed by atoms with Crippen LogP contribution in [0.15, 0.2) is 6.07 Å². The summed E-state index contributed by atoms with van der Waals surface area (Å²) >= 11 is 0. The zero-order valence-corrected chi connectivity index (χ0v) is 18.0. The van der Waals surface area contributed by atoms with Gasteiger partial charge in [-0.25, -0.2) is 9.59 Å². The van der Waals surface area contributed by atoms with Crippen LogP contribution in [0.3, 0.4) is 0 Å². The van der Waals surface area contributed by atoms with Gasteiger partial charge in [-0.1, -0.05) is 26.7 Å². The van der Waals surface area contributed by atoms with Crippen molar-refractivity contribution in [3.05, 3.63) is 22.8 Å². The van der Waals surface area contributed by atoms with Gasteiger partial charge < -0.3 is 20.4 Å². The van der Waals surface area contributed by atoms with E-state index < -0.39 is 0 Å². The molecule has 0 fully saturated rings. The molecule has 0 aliphatic heterocycles. The van der Waals surface area contributed by atoms with Crippen molar-refractivity contribution in [1.29, 1.82) is 0 Å². The standard InChI is InChI=1S/C21H36N4O2/c1-8-10-12-16-14-18(22-20(26)24(4)5)15(3)19(17(16)13-11-9-2)23-21(27)25(6)7/h14H,8-13H2,1-7H3,(H,22,26)(H,23,27). The van der Waals surface area contributed by atoms with Gasteiger partial charge >= 0.3 is 12.1 Å². The Bertz CT molecular complexity index is 654. The number of nitrogens with one attached hydrogen (secondary N) is 2. The van der Waals surface area contributed by atoms with Crippen molar-refractivity contribution in [2.75, 3.05) is 38.8 Å². The summed E-state index contributed by atoms with van der Waals surface area (Å²) in [5.74, 6) is 0. The van der Waals surface area contributed by atoms with Crippen LogP contribution >= 0.6 is 0 Å². The van der Waals surface area contributed by atoms with Crippen molar-refractivity contribution in [3.63, 3.8) is 0 Å². The predicted molar refractivity (Wildman–Crippen MR) is 114 cm³/mol. The molecule has 0 atom stereocenters. The van der Waals surface area contributed by atoms with Gasteiger partial charge in [-0.15, -0.1) is 0 Å². The Kier molecular flexibility index (Phi) is 9.12. The lowest BCUT2D eigenvalue weighted by Crippen LogP contribution is -2.30. The number of amides is 4. The first kappa shape index (κ1) is 22.8. The summed E-state index contributed by atoms with van der Waals surface area (Å²) in [4.78, 5) is 27.6. The lowest BCUT2D eigenvalue weighted by Gasteiger charge is -2.24. The molecule has 6 nitrogen and oxygen atoms in total. The molecule has 4 amide bonds. The largest absolute Gasteiger partial charge is 0.331 e. The first-order valence-corrected chi connectivity index (χ1v) is 9.84. The van der Waals surface area contributed by atoms with Crippen LogP contribution in [0, 0.1) is 6.92 Å². The zero-order valence-electron chi connectivity index (χ0n) is 18.0. The molecule has 0 heterocycles. The van der Waals surface area contributed by atoms with E-state index in [9.17, 15) is 9.59 Å². The fourth-order valence-corrected chi connectivity index (χ4v) is 2.87. The van der Waals surface area contributed by atoms with Crippen molar-refractivity contribution in [2.24, 2.45) is 0 Å². The highest BCUT2D eigenvalue weighted by atomic mass is 16.2. The van der Waals surface area contributed by atoms with E-state index in [4.69, 9.17) is 0 Å². The van der Waals surface area contributed by atoms with Crippen molar-refractivity contribution in [3.8, 4) is 0 Å². The molecule has 1 aromatic rings. The number of rotatable bonds is 8. The molecular formula is C21H36N4O2. The monoisotopic (exact) mass is 376 g/mol. The number of carbonyl (C=O) groups excluding carboxylic acids is 2. The van der Waals surface area contributed by atoms with Gasteiger partial charge in [0.2, 0.25) is 0 Å². The molecule has 1 rings (SSSR count). The van der Waals surface area contributed by atoms with Gasteiger partial charge in [0.1, 0.15) is 0 Å². The number of carbonyl (C=O) groups is 2. The molecular weight excluding hydrogens is 340 g/mol. The molecule has 0 aliphatic rings. The van der Waals surface area contributed by atoms with Crippen LogP contribution in [-0.2, 0) is 12.8 Å². The van der Waals surface area contributed by atoms with Crippen LogP contribution in [0.1, 0.15) is 56.2 Å². The van der Waals surface area contributed by atoms with E-state index in [1.807, 2.05) is 6.92 Å². The number of hydrogen-bond acceptors (Lipinski definition) is 2. The van der Waals surface area contributed by atoms with Crippen LogP contribution in [0.4, 0.5) is 21.0 Å². The zero-order chi connectivity index (χ0) is 20.6. The maximum absolute atomic E-state index is 12.4. The van der Waals surface area contributed by atoms with Crippen molar-refractivity contribution in [1.82, 2.24) is 9.80 Å². The first-order chi connectivity index (χ1) is 12.7. The molecule has 1 aromatic carbocycles. The van der Waals surface area contributed by atoms with Gasteiger partial charge in [-0.05, 0) is 55.4 Å². The Morgan fingerprint density at radius 2 is 1.41 bits per heavy atom. The molecule has 0 aliphatic carbocycles. The first-order valence-electron chi connectivity index (χ1n) is 9.84. The highest BCUT2D eigenvalue weighted by Crippen LogP contribution is 2.34. The van der Waals surface area contributed by atoms with Crippen molar-refractivity contribution in [2.45, 2.75) is 59.3 Å². The van der Waals surface area contributed by atoms with Crippen LogP contribution in [0.5, 0.6) is 0 Å². The van der Waals surface area contributed by atoms with Crippen LogP contribution in [-0.4, -0.2) is 50.1 Å². The fourth-order valence-electron chi connectivity index (χ4n) is 2.87. The van der Waals surface area contributed by atoms with Crippen molar-refractivity contribution >= 4 is 23.4 Å². The van der Waals surface area contributed by atoms with Gasteiger partial charge in [0.15, 0.2) is 0 Å². The van der Waals surface area contributed by atoms with E-state index in [0.29, 0.717) is 0 Å². The number of benzene rings is 1. The highest BCUT2D eigenvalue weighted by molar-refractivity contribution is 5.95. The molecule has 0 saturated carbocycles. The Labute approximate surface area is 164 Å². The molecule has 0 aromatic heterocycles. The number of nitrogens with zero attached hydrogens (tertiary/aromatic N) is 2. The van der Waals surface area contributed by atoms with E-state index in [1.54, 1.807) is 28.2 Å². The summed E-state index contributed by atoms with van der Waals surface area (Å²) in [5, 5.41) is 6.04. The minimum absolute atomic E-state index is 0.159. The summed E-state index contributed by atoms with van der Waals surface area (Å²) in [5.41, 5.74) is 4.89. The lowest BCUT2D eigenvalue weighted by molar-refractivity contribution is 0.230. The van der Waals surface area contributed by atoms with Crippen LogP contribution in [0.25, 0.3) is 0 Å². The third-order valence-corrected chi connectivity index (χ3v) is 4.65. The summed E-state index contributed by atoms with van der Waals surface area (Å²) in [7, 11) is 6.89. The summed E-state index contributed by atoms with van der Waals surface area (Å²) < 4.78 is 0. The quantitative estimate of drug-likeness (QED) is 0.680. The predicted octanol–water partition coefficient (Wildman–Crippen LogP) is 4.87. The Morgan fingerprint density at radius 3 is 1.93 bits per heavy atom. The molecule has 0 radical (unpaired) electrons. The second-order valence-electron chi connectivity index (χ2n) is 7.42. The van der Waals surface area contributed by atoms with Gasteiger partial charge in [0.05, 0.1) is 5.69 Å². The van der Waals surface area contributed by atoms with Crippen molar-refractivity contribution < 1.29 is 9.59 Å². The molecule has 2 N–H and O–H groups in total. The van der Waals surface area contributed by atoms with E-state index in [-0.39, 0.29) is 12.1 Å². The second-order valence-corrected chi connectivity index (χ2v) is 7.42. The van der Waals surface area contributed by atoms with E-state index in [1.165, 1.54) is 20.9 Å². The smallest absolute Gasteiger partial charge is 0.321 e. The minimum atomic E-state index is -0.175. The van der Waals surface area contributed by atoms with Gasteiger partial charge in [-0.3, -0.25) is 0 Å². The molecule has 0 spiro atoms. The molecule has 152 valence electrons. The third-order valence-electron chi connectivity index (χ3n) is 4.65. The molecule has 0 unspecified atom stereocenters. The Balaban J connectivity index is 3.48. The van der Waals surface area contributed by atoms with Gasteiger partial charge in [-0.2, -0.15) is 0 Å². The molecule has 6 heteroatoms. The average molecular weight is 377 g/mol. The molecule has 0 bridgehead atoms. The highest BCUT2D eigenvalue weighted by Gasteiger charge is 2.19. The normalized spacial score (nSPS) is 10.5. The topological polar surface area (TPSA) is 64.7 Å². The Hall–Kier alpha value is -2.24. The van der Waals surface area contributed by atoms with Crippen LogP contribution in [0.2, 0.25) is 0 Å². The third kappa shape index (κ3) is 6.45. The minimum Gasteiger partial charge on any atom is -0.331 e. The maximum atomic E-state index is 12.4.